The highest BCUT2D eigenvalue weighted by Gasteiger charge is 2.54. The summed E-state index contributed by atoms with van der Waals surface area (Å²) in [4.78, 5) is 31.7. The maximum absolute atomic E-state index is 13.2. The molecule has 2 aliphatic heterocycles. The number of nitrogens with zero attached hydrogens (tertiary/aromatic N) is 3. The van der Waals surface area contributed by atoms with Gasteiger partial charge in [0.05, 0.1) is 6.67 Å². The van der Waals surface area contributed by atoms with Crippen LogP contribution >= 0.6 is 0 Å². The van der Waals surface area contributed by atoms with E-state index in [0.29, 0.717) is 13.2 Å². The maximum Gasteiger partial charge on any atom is 0.326 e. The fourth-order valence-corrected chi connectivity index (χ4v) is 5.12. The van der Waals surface area contributed by atoms with E-state index < -0.39 is 5.54 Å². The van der Waals surface area contributed by atoms with Gasteiger partial charge >= 0.3 is 6.03 Å². The van der Waals surface area contributed by atoms with Crippen molar-refractivity contribution < 1.29 is 9.59 Å². The zero-order valence-corrected chi connectivity index (χ0v) is 17.1. The van der Waals surface area contributed by atoms with Crippen molar-refractivity contribution in [2.24, 2.45) is 5.92 Å². The van der Waals surface area contributed by atoms with Crippen LogP contribution in [0.3, 0.4) is 0 Å². The first-order valence-corrected chi connectivity index (χ1v) is 10.7. The summed E-state index contributed by atoms with van der Waals surface area (Å²) in [6.07, 6.45) is 6.39. The van der Waals surface area contributed by atoms with Gasteiger partial charge in [0.2, 0.25) is 0 Å². The molecule has 4 rings (SSSR count). The van der Waals surface area contributed by atoms with E-state index in [9.17, 15) is 9.59 Å². The van der Waals surface area contributed by atoms with Crippen molar-refractivity contribution in [3.8, 4) is 0 Å². The molecule has 0 bridgehead atoms. The molecule has 6 nitrogen and oxygen atoms in total. The molecule has 1 aromatic carbocycles. The molecule has 3 amide bonds. The van der Waals surface area contributed by atoms with Crippen molar-refractivity contribution in [2.75, 3.05) is 31.7 Å². The van der Waals surface area contributed by atoms with Gasteiger partial charge in [0.25, 0.3) is 5.91 Å². The molecule has 1 aliphatic carbocycles. The Morgan fingerprint density at radius 2 is 1.89 bits per heavy atom. The Balaban J connectivity index is 1.45. The number of amides is 3. The van der Waals surface area contributed by atoms with Gasteiger partial charge in [-0.3, -0.25) is 9.69 Å². The van der Waals surface area contributed by atoms with Crippen LogP contribution in [0, 0.1) is 5.92 Å². The molecule has 1 aromatic rings. The lowest BCUT2D eigenvalue weighted by Crippen LogP contribution is -2.54. The predicted octanol–water partition coefficient (Wildman–Crippen LogP) is 3.18. The highest BCUT2D eigenvalue weighted by molar-refractivity contribution is 6.07. The molecule has 0 unspecified atom stereocenters. The molecule has 1 N–H and O–H groups in total. The molecular formula is C22H32N4O2. The molecule has 1 saturated carbocycles. The Labute approximate surface area is 167 Å². The number of hydrogen-bond donors (Lipinski definition) is 1. The Kier molecular flexibility index (Phi) is 5.32. The van der Waals surface area contributed by atoms with Gasteiger partial charge in [-0.1, -0.05) is 38.0 Å². The third-order valence-corrected chi connectivity index (χ3v) is 6.76. The molecular weight excluding hydrogens is 352 g/mol. The summed E-state index contributed by atoms with van der Waals surface area (Å²) in [5, 5.41) is 3.05. The second-order valence-electron chi connectivity index (χ2n) is 8.76. The Hall–Kier alpha value is -2.08. The van der Waals surface area contributed by atoms with E-state index >= 15 is 0 Å². The van der Waals surface area contributed by atoms with Crippen molar-refractivity contribution in [2.45, 2.75) is 57.5 Å². The molecule has 1 spiro atoms. The number of benzene rings is 1. The summed E-state index contributed by atoms with van der Waals surface area (Å²) < 4.78 is 0. The fraction of sp³-hybridized carbons (Fsp3) is 0.636. The van der Waals surface area contributed by atoms with E-state index in [1.165, 1.54) is 29.0 Å². The first-order valence-electron chi connectivity index (χ1n) is 10.7. The van der Waals surface area contributed by atoms with Gasteiger partial charge in [-0.05, 0) is 50.3 Å². The number of imide groups is 1. The molecule has 152 valence electrons. The van der Waals surface area contributed by atoms with Crippen LogP contribution in [0.2, 0.25) is 0 Å². The predicted molar refractivity (Wildman–Crippen MR) is 110 cm³/mol. The molecule has 3 fully saturated rings. The zero-order valence-electron chi connectivity index (χ0n) is 17.1. The summed E-state index contributed by atoms with van der Waals surface area (Å²) in [5.74, 6) is 0.160. The second-order valence-corrected chi connectivity index (χ2v) is 8.76. The van der Waals surface area contributed by atoms with Crippen LogP contribution in [-0.2, 0) is 11.3 Å². The van der Waals surface area contributed by atoms with Crippen LogP contribution in [0.5, 0.6) is 0 Å². The number of hydrogen-bond acceptors (Lipinski definition) is 4. The number of urea groups is 1. The smallest absolute Gasteiger partial charge is 0.326 e. The normalized spacial score (nSPS) is 27.9. The van der Waals surface area contributed by atoms with Crippen molar-refractivity contribution in [3.05, 3.63) is 29.8 Å². The average molecular weight is 385 g/mol. The summed E-state index contributed by atoms with van der Waals surface area (Å²) in [6.45, 7) is 5.35. The third kappa shape index (κ3) is 3.39. The van der Waals surface area contributed by atoms with Gasteiger partial charge in [0.15, 0.2) is 0 Å². The number of nitrogens with one attached hydrogen (secondary N) is 1. The minimum atomic E-state index is -0.677. The lowest BCUT2D eigenvalue weighted by Gasteiger charge is -2.37. The maximum atomic E-state index is 13.2. The molecule has 0 radical (unpaired) electrons. The number of anilines is 1. The lowest BCUT2D eigenvalue weighted by molar-refractivity contribution is -0.135. The molecule has 6 heteroatoms. The summed E-state index contributed by atoms with van der Waals surface area (Å²) >= 11 is 0. The minimum Gasteiger partial charge on any atom is -0.371 e. The number of rotatable bonds is 5. The van der Waals surface area contributed by atoms with Crippen LogP contribution in [0.15, 0.2) is 24.3 Å². The Morgan fingerprint density at radius 3 is 2.64 bits per heavy atom. The topological polar surface area (TPSA) is 55.9 Å². The van der Waals surface area contributed by atoms with Crippen LogP contribution in [0.25, 0.3) is 0 Å². The summed E-state index contributed by atoms with van der Waals surface area (Å²) in [7, 11) is 1.98. The third-order valence-electron chi connectivity index (χ3n) is 6.76. The molecule has 0 aromatic heterocycles. The van der Waals surface area contributed by atoms with Gasteiger partial charge in [-0.25, -0.2) is 9.69 Å². The molecule has 2 atom stereocenters. The van der Waals surface area contributed by atoms with Gasteiger partial charge in [0, 0.05) is 25.3 Å². The van der Waals surface area contributed by atoms with Gasteiger partial charge in [-0.15, -0.1) is 0 Å². The number of carbonyl (C=O) groups excluding carboxylic acids is 2. The monoisotopic (exact) mass is 384 g/mol. The summed E-state index contributed by atoms with van der Waals surface area (Å²) in [5.41, 5.74) is 1.85. The quantitative estimate of drug-likeness (QED) is 0.792. The van der Waals surface area contributed by atoms with E-state index in [-0.39, 0.29) is 17.9 Å². The lowest BCUT2D eigenvalue weighted by atomic mass is 9.73. The first-order chi connectivity index (χ1) is 13.5. The van der Waals surface area contributed by atoms with Gasteiger partial charge in [-0.2, -0.15) is 0 Å². The van der Waals surface area contributed by atoms with Crippen LogP contribution < -0.4 is 10.2 Å². The number of para-hydroxylation sites is 1. The Bertz CT molecular complexity index is 746. The average Bonchev–Trinajstić information content (AvgIpc) is 3.29. The standard InChI is InChI=1S/C22H32N4O2/c1-17-9-5-6-12-22(17)20(27)26(21(28)23-22)16-24(2)15-18-10-3-4-11-19(18)25-13-7-8-14-25/h3-4,10-11,17H,5-9,12-16H2,1-2H3,(H,23,28)/t17-,22+/m1/s1. The molecule has 2 heterocycles. The van der Waals surface area contributed by atoms with Crippen molar-refractivity contribution in [1.29, 1.82) is 0 Å². The Morgan fingerprint density at radius 1 is 1.14 bits per heavy atom. The van der Waals surface area contributed by atoms with Crippen LogP contribution in [0.1, 0.15) is 51.0 Å². The number of carbonyl (C=O) groups is 2. The van der Waals surface area contributed by atoms with E-state index in [2.05, 4.69) is 46.3 Å². The van der Waals surface area contributed by atoms with E-state index in [4.69, 9.17) is 0 Å². The molecule has 2 saturated heterocycles. The summed E-state index contributed by atoms with van der Waals surface area (Å²) in [6, 6.07) is 8.25. The largest absolute Gasteiger partial charge is 0.371 e. The van der Waals surface area contributed by atoms with Gasteiger partial charge < -0.3 is 10.2 Å². The zero-order chi connectivity index (χ0) is 19.7. The molecule has 28 heavy (non-hydrogen) atoms. The minimum absolute atomic E-state index is 0.0376. The first kappa shape index (κ1) is 19.2. The SMILES string of the molecule is C[C@@H]1CCCC[C@]12NC(=O)N(CN(C)Cc1ccccc1N1CCCC1)C2=O. The second kappa shape index (κ2) is 7.74. The highest BCUT2D eigenvalue weighted by atomic mass is 16.2. The van der Waals surface area contributed by atoms with Crippen molar-refractivity contribution in [1.82, 2.24) is 15.1 Å². The van der Waals surface area contributed by atoms with Crippen molar-refractivity contribution >= 4 is 17.6 Å². The van der Waals surface area contributed by atoms with E-state index in [1.54, 1.807) is 0 Å². The van der Waals surface area contributed by atoms with Crippen molar-refractivity contribution in [3.63, 3.8) is 0 Å². The van der Waals surface area contributed by atoms with Crippen LogP contribution in [-0.4, -0.2) is 54.1 Å². The molecule has 3 aliphatic rings. The van der Waals surface area contributed by atoms with E-state index in [1.807, 2.05) is 7.05 Å². The highest BCUT2D eigenvalue weighted by Crippen LogP contribution is 2.38. The van der Waals surface area contributed by atoms with Crippen LogP contribution in [0.4, 0.5) is 10.5 Å². The van der Waals surface area contributed by atoms with E-state index in [0.717, 1.165) is 38.8 Å². The van der Waals surface area contributed by atoms with Gasteiger partial charge in [0.1, 0.15) is 5.54 Å². The fourth-order valence-electron chi connectivity index (χ4n) is 5.12.